The fourth-order valence-corrected chi connectivity index (χ4v) is 2.98. The molecule has 0 aliphatic carbocycles. The second-order valence-corrected chi connectivity index (χ2v) is 6.43. The van der Waals surface area contributed by atoms with Gasteiger partial charge in [0.25, 0.3) is 0 Å². The van der Waals surface area contributed by atoms with Crippen LogP contribution < -0.4 is 10.6 Å². The summed E-state index contributed by atoms with van der Waals surface area (Å²) >= 11 is 0. The van der Waals surface area contributed by atoms with Crippen LogP contribution in [0, 0.1) is 0 Å². The zero-order valence-electron chi connectivity index (χ0n) is 15.9. The number of nitrogens with one attached hydrogen (secondary N) is 2. The second-order valence-electron chi connectivity index (χ2n) is 6.43. The zero-order chi connectivity index (χ0) is 18.7. The van der Waals surface area contributed by atoms with Gasteiger partial charge in [0.15, 0.2) is 11.6 Å². The van der Waals surface area contributed by atoms with E-state index in [1.807, 2.05) is 28.8 Å². The monoisotopic (exact) mass is 364 g/mol. The van der Waals surface area contributed by atoms with Crippen molar-refractivity contribution >= 4 is 11.6 Å². The molecule has 1 aromatic carbocycles. The summed E-state index contributed by atoms with van der Waals surface area (Å²) in [5, 5.41) is 15.2. The fraction of sp³-hybridized carbons (Fsp3) is 0.381. The Morgan fingerprint density at radius 1 is 0.963 bits per heavy atom. The van der Waals surface area contributed by atoms with E-state index in [-0.39, 0.29) is 0 Å². The minimum absolute atomic E-state index is 0.818. The molecule has 6 nitrogen and oxygen atoms in total. The predicted octanol–water partition coefficient (Wildman–Crippen LogP) is 2.85. The summed E-state index contributed by atoms with van der Waals surface area (Å²) in [6.07, 6.45) is 5.97. The number of benzene rings is 1. The molecule has 2 heterocycles. The lowest BCUT2D eigenvalue weighted by Crippen LogP contribution is -2.38. The van der Waals surface area contributed by atoms with Crippen molar-refractivity contribution in [2.75, 3.05) is 19.6 Å². The van der Waals surface area contributed by atoms with Crippen molar-refractivity contribution in [1.29, 1.82) is 0 Å². The number of aryl methyl sites for hydroxylation is 2. The lowest BCUT2D eigenvalue weighted by molar-refractivity contribution is 0.712. The van der Waals surface area contributed by atoms with E-state index in [1.165, 1.54) is 5.56 Å². The lowest BCUT2D eigenvalue weighted by Gasteiger charge is -2.11. The average molecular weight is 364 g/mol. The van der Waals surface area contributed by atoms with Crippen LogP contribution in [0.3, 0.4) is 0 Å². The smallest absolute Gasteiger partial charge is 0.191 e. The zero-order valence-corrected chi connectivity index (χ0v) is 15.9. The van der Waals surface area contributed by atoms with Gasteiger partial charge < -0.3 is 10.6 Å². The van der Waals surface area contributed by atoms with Crippen LogP contribution in [0.4, 0.5) is 0 Å². The molecule has 0 saturated heterocycles. The Bertz CT molecular complexity index is 840. The number of guanidine groups is 1. The number of aliphatic imine (C=N–C) groups is 1. The first-order chi connectivity index (χ1) is 13.4. The number of fused-ring (bicyclic) bond motifs is 1. The number of aromatic nitrogens is 3. The van der Waals surface area contributed by atoms with Crippen LogP contribution in [0.15, 0.2) is 59.7 Å². The van der Waals surface area contributed by atoms with Crippen LogP contribution in [0.2, 0.25) is 0 Å². The number of hydrogen-bond donors (Lipinski definition) is 2. The van der Waals surface area contributed by atoms with E-state index in [4.69, 9.17) is 0 Å². The molecule has 0 aliphatic heterocycles. The van der Waals surface area contributed by atoms with E-state index in [1.54, 1.807) is 0 Å². The normalized spacial score (nSPS) is 11.7. The maximum atomic E-state index is 4.67. The number of hydrogen-bond acceptors (Lipinski definition) is 3. The molecule has 0 unspecified atom stereocenters. The van der Waals surface area contributed by atoms with Crippen LogP contribution in [0.1, 0.15) is 31.2 Å². The number of nitrogens with zero attached hydrogens (tertiary/aromatic N) is 4. The summed E-state index contributed by atoms with van der Waals surface area (Å²) in [4.78, 5) is 4.67. The fourth-order valence-electron chi connectivity index (χ4n) is 2.98. The molecular formula is C21H28N6. The first-order valence-corrected chi connectivity index (χ1v) is 9.71. The van der Waals surface area contributed by atoms with E-state index >= 15 is 0 Å². The maximum absolute atomic E-state index is 4.67. The summed E-state index contributed by atoms with van der Waals surface area (Å²) < 4.78 is 2.04. The Morgan fingerprint density at radius 3 is 2.67 bits per heavy atom. The van der Waals surface area contributed by atoms with Crippen LogP contribution in [0.25, 0.3) is 5.65 Å². The molecular weight excluding hydrogens is 336 g/mol. The van der Waals surface area contributed by atoms with Crippen molar-refractivity contribution in [3.8, 4) is 0 Å². The van der Waals surface area contributed by atoms with Gasteiger partial charge >= 0.3 is 0 Å². The van der Waals surface area contributed by atoms with Gasteiger partial charge in [0.2, 0.25) is 0 Å². The predicted molar refractivity (Wildman–Crippen MR) is 110 cm³/mol. The van der Waals surface area contributed by atoms with E-state index in [9.17, 15) is 0 Å². The van der Waals surface area contributed by atoms with Crippen LogP contribution >= 0.6 is 0 Å². The van der Waals surface area contributed by atoms with Gasteiger partial charge in [-0.3, -0.25) is 9.39 Å². The van der Waals surface area contributed by atoms with Gasteiger partial charge in [-0.2, -0.15) is 0 Å². The summed E-state index contributed by atoms with van der Waals surface area (Å²) in [6.45, 7) is 4.62. The summed E-state index contributed by atoms with van der Waals surface area (Å²) in [5.74, 6) is 1.88. The molecule has 3 aromatic rings. The highest BCUT2D eigenvalue weighted by molar-refractivity contribution is 5.79. The molecule has 142 valence electrons. The van der Waals surface area contributed by atoms with Crippen molar-refractivity contribution in [2.45, 2.75) is 32.6 Å². The third kappa shape index (κ3) is 5.81. The second kappa shape index (κ2) is 10.3. The molecule has 6 heteroatoms. The van der Waals surface area contributed by atoms with E-state index in [2.05, 4.69) is 63.1 Å². The molecule has 0 atom stereocenters. The summed E-state index contributed by atoms with van der Waals surface area (Å²) in [6, 6.07) is 16.5. The molecule has 0 aliphatic rings. The number of rotatable bonds is 9. The van der Waals surface area contributed by atoms with Crippen molar-refractivity contribution < 1.29 is 0 Å². The van der Waals surface area contributed by atoms with Crippen molar-refractivity contribution in [3.63, 3.8) is 0 Å². The average Bonchev–Trinajstić information content (AvgIpc) is 3.12. The van der Waals surface area contributed by atoms with Crippen molar-refractivity contribution in [2.24, 2.45) is 4.99 Å². The highest BCUT2D eigenvalue weighted by Gasteiger charge is 2.04. The van der Waals surface area contributed by atoms with Crippen molar-refractivity contribution in [1.82, 2.24) is 25.2 Å². The molecule has 3 rings (SSSR count). The quantitative estimate of drug-likeness (QED) is 0.348. The highest BCUT2D eigenvalue weighted by atomic mass is 15.2. The van der Waals surface area contributed by atoms with Gasteiger partial charge in [0.05, 0.1) is 0 Å². The molecule has 0 bridgehead atoms. The molecule has 0 radical (unpaired) electrons. The molecule has 0 spiro atoms. The van der Waals surface area contributed by atoms with Gasteiger partial charge in [0.1, 0.15) is 5.82 Å². The minimum atomic E-state index is 0.818. The Balaban J connectivity index is 1.41. The third-order valence-corrected chi connectivity index (χ3v) is 4.33. The van der Waals surface area contributed by atoms with Gasteiger partial charge in [-0.25, -0.2) is 0 Å². The maximum Gasteiger partial charge on any atom is 0.191 e. The van der Waals surface area contributed by atoms with Gasteiger partial charge in [-0.05, 0) is 43.9 Å². The Labute approximate surface area is 160 Å². The lowest BCUT2D eigenvalue weighted by atomic mass is 10.1. The first-order valence-electron chi connectivity index (χ1n) is 9.71. The van der Waals surface area contributed by atoms with Gasteiger partial charge in [-0.15, -0.1) is 10.2 Å². The molecule has 0 saturated carbocycles. The van der Waals surface area contributed by atoms with Crippen LogP contribution in [0.5, 0.6) is 0 Å². The van der Waals surface area contributed by atoms with Gasteiger partial charge in [-0.1, -0.05) is 36.4 Å². The highest BCUT2D eigenvalue weighted by Crippen LogP contribution is 2.05. The van der Waals surface area contributed by atoms with Crippen LogP contribution in [-0.2, 0) is 12.8 Å². The SMILES string of the molecule is CCNC(=NCCCc1ccccc1)NCCCc1nnc2ccccn12. The van der Waals surface area contributed by atoms with E-state index < -0.39 is 0 Å². The largest absolute Gasteiger partial charge is 0.357 e. The molecule has 0 amide bonds. The van der Waals surface area contributed by atoms with E-state index in [0.717, 1.165) is 62.7 Å². The molecule has 2 aromatic heterocycles. The van der Waals surface area contributed by atoms with E-state index in [0.29, 0.717) is 0 Å². The topological polar surface area (TPSA) is 66.6 Å². The first kappa shape index (κ1) is 18.9. The van der Waals surface area contributed by atoms with Crippen LogP contribution in [-0.4, -0.2) is 40.2 Å². The van der Waals surface area contributed by atoms with Crippen molar-refractivity contribution in [3.05, 3.63) is 66.1 Å². The number of pyridine rings is 1. The molecule has 2 N–H and O–H groups in total. The Kier molecular flexibility index (Phi) is 7.21. The Morgan fingerprint density at radius 2 is 1.81 bits per heavy atom. The summed E-state index contributed by atoms with van der Waals surface area (Å²) in [5.41, 5.74) is 2.26. The molecule has 27 heavy (non-hydrogen) atoms. The summed E-state index contributed by atoms with van der Waals surface area (Å²) in [7, 11) is 0. The molecule has 0 fully saturated rings. The Hall–Kier alpha value is -2.89. The third-order valence-electron chi connectivity index (χ3n) is 4.33. The van der Waals surface area contributed by atoms with Gasteiger partial charge in [0, 0.05) is 32.3 Å². The minimum Gasteiger partial charge on any atom is -0.357 e. The standard InChI is InChI=1S/C21H28N6/c1-2-22-21(23-15-8-12-18-10-4-3-5-11-18)24-16-9-14-20-26-25-19-13-6-7-17-27(19)20/h3-7,10-11,13,17H,2,8-9,12,14-16H2,1H3,(H2,22,23,24).